The van der Waals surface area contributed by atoms with Crippen molar-refractivity contribution in [1.82, 2.24) is 10.2 Å². The van der Waals surface area contributed by atoms with Gasteiger partial charge >= 0.3 is 5.97 Å². The number of nitrogens with zero attached hydrogens (tertiary/aromatic N) is 1. The smallest absolute Gasteiger partial charge is 0.328 e. The Labute approximate surface area is 221 Å². The quantitative estimate of drug-likeness (QED) is 0.540. The number of fused-ring (bicyclic) bond motifs is 7. The fraction of sp³-hybridized carbons (Fsp3) is 0.484. The van der Waals surface area contributed by atoms with E-state index < -0.39 is 12.1 Å². The largest absolute Gasteiger partial charge is 0.467 e. The number of hydrogen-bond donors (Lipinski definition) is 1. The molecule has 0 spiro atoms. The van der Waals surface area contributed by atoms with E-state index in [1.165, 1.54) is 18.2 Å². The van der Waals surface area contributed by atoms with Crippen molar-refractivity contribution < 1.29 is 19.1 Å². The molecule has 1 saturated heterocycles. The number of benzene rings is 2. The molecule has 198 valence electrons. The van der Waals surface area contributed by atoms with Crippen molar-refractivity contribution in [3.8, 4) is 11.1 Å². The van der Waals surface area contributed by atoms with Crippen LogP contribution in [-0.4, -0.2) is 55.2 Å². The number of ether oxygens (including phenoxy) is 2. The molecule has 1 fully saturated rings. The van der Waals surface area contributed by atoms with E-state index in [1.54, 1.807) is 4.90 Å². The lowest BCUT2D eigenvalue weighted by molar-refractivity contribution is -0.152. The summed E-state index contributed by atoms with van der Waals surface area (Å²) in [6.07, 6.45) is 7.56. The summed E-state index contributed by atoms with van der Waals surface area (Å²) < 4.78 is 11.3. The summed E-state index contributed by atoms with van der Waals surface area (Å²) >= 11 is 0. The number of methoxy groups -OCH3 is 1. The fourth-order valence-electron chi connectivity index (χ4n) is 5.18. The topological polar surface area (TPSA) is 67.9 Å². The average molecular weight is 505 g/mol. The maximum atomic E-state index is 13.8. The zero-order chi connectivity index (χ0) is 26.4. The first kappa shape index (κ1) is 27.1. The van der Waals surface area contributed by atoms with Crippen LogP contribution in [0.5, 0.6) is 0 Å². The van der Waals surface area contributed by atoms with Crippen molar-refractivity contribution in [3.63, 3.8) is 0 Å². The van der Waals surface area contributed by atoms with Crippen LogP contribution in [0.1, 0.15) is 57.6 Å². The normalized spacial score (nSPS) is 24.4. The molecule has 2 aliphatic rings. The van der Waals surface area contributed by atoms with E-state index in [4.69, 9.17) is 9.47 Å². The van der Waals surface area contributed by atoms with Crippen molar-refractivity contribution in [2.75, 3.05) is 20.2 Å². The van der Waals surface area contributed by atoms with Gasteiger partial charge in [0.15, 0.2) is 0 Å². The number of hydrogen-bond acceptors (Lipinski definition) is 5. The molecule has 1 N–H and O–H groups in total. The number of allylic oxidation sites excluding steroid dienone is 1. The molecule has 6 nitrogen and oxygen atoms in total. The first-order valence-electron chi connectivity index (χ1n) is 13.4. The standard InChI is InChI=1S/C31H40N2O4/c1-31(2,3)28-29(34)33-20-26(19-27(33)30(35)36-4)37-21-23-13-10-15-25(18-23)24-14-9-12-22(17-24)11-7-5-6-8-16-32-28/h7,9-15,17-18,26-28,32H,5-6,8,16,19-21H2,1-4H3/b11-7+/t26-,27+,28-/m1/s1. The number of esters is 1. The molecule has 37 heavy (non-hydrogen) atoms. The second kappa shape index (κ2) is 12.1. The number of carbonyl (C=O) groups is 2. The van der Waals surface area contributed by atoms with Gasteiger partial charge in [0.1, 0.15) is 6.04 Å². The Kier molecular flexibility index (Phi) is 8.83. The van der Waals surface area contributed by atoms with Crippen molar-refractivity contribution in [2.45, 2.75) is 71.2 Å². The highest BCUT2D eigenvalue weighted by Crippen LogP contribution is 2.29. The van der Waals surface area contributed by atoms with Crippen LogP contribution in [0.2, 0.25) is 0 Å². The van der Waals surface area contributed by atoms with Crippen molar-refractivity contribution in [2.24, 2.45) is 5.41 Å². The van der Waals surface area contributed by atoms with Gasteiger partial charge in [0.2, 0.25) is 5.91 Å². The summed E-state index contributed by atoms with van der Waals surface area (Å²) in [6, 6.07) is 15.9. The lowest BCUT2D eigenvalue weighted by Gasteiger charge is -2.35. The Morgan fingerprint density at radius 1 is 1.08 bits per heavy atom. The summed E-state index contributed by atoms with van der Waals surface area (Å²) in [5, 5.41) is 3.49. The van der Waals surface area contributed by atoms with E-state index >= 15 is 0 Å². The van der Waals surface area contributed by atoms with Crippen LogP contribution in [-0.2, 0) is 25.7 Å². The second-order valence-electron chi connectivity index (χ2n) is 11.2. The van der Waals surface area contributed by atoms with Gasteiger partial charge in [0.25, 0.3) is 0 Å². The van der Waals surface area contributed by atoms with Gasteiger partial charge in [-0.3, -0.25) is 4.79 Å². The van der Waals surface area contributed by atoms with E-state index in [2.05, 4.69) is 80.7 Å². The van der Waals surface area contributed by atoms with Crippen LogP contribution in [0, 0.1) is 5.41 Å². The number of rotatable bonds is 1. The van der Waals surface area contributed by atoms with E-state index in [9.17, 15) is 9.59 Å². The van der Waals surface area contributed by atoms with Crippen molar-refractivity contribution >= 4 is 18.0 Å². The third kappa shape index (κ3) is 6.88. The average Bonchev–Trinajstić information content (AvgIpc) is 3.32. The van der Waals surface area contributed by atoms with Crippen LogP contribution in [0.4, 0.5) is 0 Å². The molecule has 6 heteroatoms. The van der Waals surface area contributed by atoms with E-state index in [0.717, 1.165) is 36.9 Å². The Hall–Kier alpha value is -2.96. The second-order valence-corrected chi connectivity index (χ2v) is 11.2. The van der Waals surface area contributed by atoms with Gasteiger partial charge in [-0.2, -0.15) is 0 Å². The maximum absolute atomic E-state index is 13.8. The molecule has 4 rings (SSSR count). The van der Waals surface area contributed by atoms with Gasteiger partial charge in [0.05, 0.1) is 25.9 Å². The van der Waals surface area contributed by atoms with E-state index in [1.807, 2.05) is 6.07 Å². The number of carbonyl (C=O) groups excluding carboxylic acids is 2. The highest BCUT2D eigenvalue weighted by molar-refractivity contribution is 5.89. The van der Waals surface area contributed by atoms with Crippen LogP contribution < -0.4 is 5.32 Å². The van der Waals surface area contributed by atoms with Crippen molar-refractivity contribution in [3.05, 3.63) is 65.7 Å². The molecule has 0 aliphatic carbocycles. The molecular formula is C31H40N2O4. The molecule has 6 bridgehead atoms. The highest BCUT2D eigenvalue weighted by atomic mass is 16.5. The third-order valence-corrected chi connectivity index (χ3v) is 7.22. The zero-order valence-electron chi connectivity index (χ0n) is 22.5. The molecule has 0 radical (unpaired) electrons. The molecule has 0 unspecified atom stereocenters. The molecule has 2 aliphatic heterocycles. The summed E-state index contributed by atoms with van der Waals surface area (Å²) in [5.41, 5.74) is 4.24. The predicted octanol–water partition coefficient (Wildman–Crippen LogP) is 5.21. The van der Waals surface area contributed by atoms with Gasteiger partial charge < -0.3 is 19.7 Å². The summed E-state index contributed by atoms with van der Waals surface area (Å²) in [4.78, 5) is 28.1. The first-order chi connectivity index (χ1) is 17.8. The Morgan fingerprint density at radius 3 is 2.59 bits per heavy atom. The first-order valence-corrected chi connectivity index (χ1v) is 13.4. The fourth-order valence-corrected chi connectivity index (χ4v) is 5.18. The monoisotopic (exact) mass is 504 g/mol. The van der Waals surface area contributed by atoms with Gasteiger partial charge in [-0.1, -0.05) is 69.3 Å². The lowest BCUT2D eigenvalue weighted by atomic mass is 9.85. The zero-order valence-corrected chi connectivity index (χ0v) is 22.5. The summed E-state index contributed by atoms with van der Waals surface area (Å²) in [5.74, 6) is -0.456. The predicted molar refractivity (Wildman–Crippen MR) is 147 cm³/mol. The van der Waals surface area contributed by atoms with Gasteiger partial charge in [0, 0.05) is 13.0 Å². The molecule has 1 amide bonds. The minimum atomic E-state index is -0.637. The minimum Gasteiger partial charge on any atom is -0.467 e. The van der Waals surface area contributed by atoms with Crippen molar-refractivity contribution in [1.29, 1.82) is 0 Å². The molecule has 2 aromatic rings. The molecule has 3 atom stereocenters. The van der Waals surface area contributed by atoms with Gasteiger partial charge in [-0.05, 0) is 65.6 Å². The Morgan fingerprint density at radius 2 is 1.84 bits per heavy atom. The van der Waals surface area contributed by atoms with Gasteiger partial charge in [-0.15, -0.1) is 0 Å². The van der Waals surface area contributed by atoms with Crippen LogP contribution in [0.3, 0.4) is 0 Å². The molecule has 0 aromatic heterocycles. The summed E-state index contributed by atoms with van der Waals surface area (Å²) in [6.45, 7) is 7.70. The molecular weight excluding hydrogens is 464 g/mol. The lowest BCUT2D eigenvalue weighted by Crippen LogP contribution is -2.55. The molecule has 2 heterocycles. The maximum Gasteiger partial charge on any atom is 0.328 e. The number of nitrogens with one attached hydrogen (secondary N) is 1. The number of amides is 1. The minimum absolute atomic E-state index is 0.0659. The summed E-state index contributed by atoms with van der Waals surface area (Å²) in [7, 11) is 1.38. The molecule has 2 aromatic carbocycles. The van der Waals surface area contributed by atoms with E-state index in [-0.39, 0.29) is 23.4 Å². The van der Waals surface area contributed by atoms with Crippen LogP contribution >= 0.6 is 0 Å². The highest BCUT2D eigenvalue weighted by Gasteiger charge is 2.45. The van der Waals surface area contributed by atoms with Crippen LogP contribution in [0.15, 0.2) is 54.6 Å². The van der Waals surface area contributed by atoms with Gasteiger partial charge in [-0.25, -0.2) is 4.79 Å². The van der Waals surface area contributed by atoms with Crippen LogP contribution in [0.25, 0.3) is 17.2 Å². The van der Waals surface area contributed by atoms with E-state index in [0.29, 0.717) is 19.6 Å². The third-order valence-electron chi connectivity index (χ3n) is 7.22. The Bertz CT molecular complexity index is 1120. The molecule has 0 saturated carbocycles. The Balaban J connectivity index is 1.62. The SMILES string of the molecule is COC(=O)[C@@H]1C[C@@H]2CN1C(=O)[C@H](C(C)(C)C)NCCCC/C=C/c1cccc(c1)-c1cccc(c1)CO2.